The first kappa shape index (κ1) is 11.7. The first-order chi connectivity index (χ1) is 7.76. The molecule has 1 aromatic carbocycles. The van der Waals surface area contributed by atoms with Crippen molar-refractivity contribution in [3.63, 3.8) is 0 Å². The Labute approximate surface area is 103 Å². The molecular weight excluding hydrogens is 218 g/mol. The highest BCUT2D eigenvalue weighted by Gasteiger charge is 2.20. The molecule has 0 fully saturated rings. The normalized spacial score (nSPS) is 18.9. The van der Waals surface area contributed by atoms with E-state index in [9.17, 15) is 0 Å². The number of hydrogen-bond donors (Lipinski definition) is 0. The summed E-state index contributed by atoms with van der Waals surface area (Å²) in [5.74, 6) is 0. The molecule has 2 rings (SSSR count). The summed E-state index contributed by atoms with van der Waals surface area (Å²) >= 11 is 6.08. The maximum absolute atomic E-state index is 6.08. The Morgan fingerprint density at radius 3 is 2.69 bits per heavy atom. The van der Waals surface area contributed by atoms with Crippen LogP contribution in [-0.4, -0.2) is 18.0 Å². The highest BCUT2D eigenvalue weighted by molar-refractivity contribution is 6.30. The number of hydrogen-bond acceptors (Lipinski definition) is 1. The van der Waals surface area contributed by atoms with Crippen LogP contribution in [0.4, 0.5) is 0 Å². The lowest BCUT2D eigenvalue weighted by atomic mass is 9.92. The fourth-order valence-electron chi connectivity index (χ4n) is 2.26. The van der Waals surface area contributed by atoms with Gasteiger partial charge < -0.3 is 0 Å². The molecule has 0 bridgehead atoms. The van der Waals surface area contributed by atoms with Crippen molar-refractivity contribution in [1.29, 1.82) is 0 Å². The van der Waals surface area contributed by atoms with Gasteiger partial charge in [-0.3, -0.25) is 4.90 Å². The Morgan fingerprint density at radius 2 is 2.00 bits per heavy atom. The number of likely N-dealkylation sites (N-methyl/N-ethyl adjacent to an activating group) is 1. The van der Waals surface area contributed by atoms with Gasteiger partial charge in [-0.2, -0.15) is 0 Å². The van der Waals surface area contributed by atoms with Gasteiger partial charge in [0.1, 0.15) is 0 Å². The van der Waals surface area contributed by atoms with Crippen LogP contribution < -0.4 is 0 Å². The summed E-state index contributed by atoms with van der Waals surface area (Å²) in [6.07, 6.45) is 6.52. The minimum Gasteiger partial charge on any atom is -0.293 e. The lowest BCUT2D eigenvalue weighted by molar-refractivity contribution is 0.255. The average Bonchev–Trinajstić information content (AvgIpc) is 2.31. The molecule has 1 radical (unpaired) electrons. The van der Waals surface area contributed by atoms with Gasteiger partial charge in [0.25, 0.3) is 0 Å². The summed E-state index contributed by atoms with van der Waals surface area (Å²) in [6, 6.07) is 6.50. The van der Waals surface area contributed by atoms with Gasteiger partial charge in [-0.05, 0) is 36.3 Å². The van der Waals surface area contributed by atoms with Crippen molar-refractivity contribution in [2.75, 3.05) is 13.1 Å². The number of nitrogens with zero attached hydrogens (tertiary/aromatic N) is 1. The molecule has 85 valence electrons. The minimum atomic E-state index is 0.369. The van der Waals surface area contributed by atoms with Crippen LogP contribution in [0.3, 0.4) is 0 Å². The standard InChI is InChI=1S/C14H17ClN/c1-3-16(4-2)14-7-5-6-11-8-9-12(15)10-13(11)14/h5-10,14H,3-4H2,1-2H3. The van der Waals surface area contributed by atoms with Gasteiger partial charge in [0.05, 0.1) is 6.04 Å². The minimum absolute atomic E-state index is 0.369. The Balaban J connectivity index is 2.38. The molecule has 0 aliphatic heterocycles. The third-order valence-electron chi connectivity index (χ3n) is 3.14. The maximum atomic E-state index is 6.08. The summed E-state index contributed by atoms with van der Waals surface area (Å²) in [7, 11) is 0. The van der Waals surface area contributed by atoms with Crippen LogP contribution in [0.1, 0.15) is 31.0 Å². The van der Waals surface area contributed by atoms with Crippen LogP contribution in [-0.2, 0) is 0 Å². The molecule has 0 heterocycles. The molecule has 1 aliphatic carbocycles. The van der Waals surface area contributed by atoms with Crippen LogP contribution in [0.2, 0.25) is 5.02 Å². The van der Waals surface area contributed by atoms with Gasteiger partial charge in [-0.15, -0.1) is 0 Å². The zero-order valence-corrected chi connectivity index (χ0v) is 10.5. The molecule has 1 nitrogen and oxygen atoms in total. The van der Waals surface area contributed by atoms with Crippen molar-refractivity contribution >= 4 is 11.6 Å². The molecule has 0 amide bonds. The van der Waals surface area contributed by atoms with E-state index >= 15 is 0 Å². The molecular formula is C14H17ClN. The molecule has 1 aromatic rings. The second kappa shape index (κ2) is 5.03. The molecule has 0 N–H and O–H groups in total. The van der Waals surface area contributed by atoms with Crippen LogP contribution in [0, 0.1) is 6.42 Å². The molecule has 2 heteroatoms. The molecule has 16 heavy (non-hydrogen) atoms. The van der Waals surface area contributed by atoms with E-state index in [-0.39, 0.29) is 0 Å². The summed E-state index contributed by atoms with van der Waals surface area (Å²) in [5.41, 5.74) is 2.60. The van der Waals surface area contributed by atoms with E-state index in [4.69, 9.17) is 11.6 Å². The average molecular weight is 235 g/mol. The number of halogens is 1. The third-order valence-corrected chi connectivity index (χ3v) is 3.38. The third kappa shape index (κ3) is 2.16. The zero-order valence-electron chi connectivity index (χ0n) is 9.78. The van der Waals surface area contributed by atoms with Crippen LogP contribution in [0.5, 0.6) is 0 Å². The summed E-state index contributed by atoms with van der Waals surface area (Å²) in [4.78, 5) is 2.43. The van der Waals surface area contributed by atoms with Crippen LogP contribution >= 0.6 is 11.6 Å². The van der Waals surface area contributed by atoms with Crippen molar-refractivity contribution in [1.82, 2.24) is 4.90 Å². The van der Waals surface area contributed by atoms with Crippen LogP contribution in [0.25, 0.3) is 0 Å². The fraction of sp³-hybridized carbons (Fsp3) is 0.357. The summed E-state index contributed by atoms with van der Waals surface area (Å²) in [6.45, 7) is 6.49. The van der Waals surface area contributed by atoms with Crippen LogP contribution in [0.15, 0.2) is 30.4 Å². The van der Waals surface area contributed by atoms with Crippen molar-refractivity contribution in [2.24, 2.45) is 0 Å². The second-order valence-corrected chi connectivity index (χ2v) is 4.43. The Bertz CT molecular complexity index is 394. The van der Waals surface area contributed by atoms with E-state index in [1.807, 2.05) is 6.07 Å². The van der Waals surface area contributed by atoms with Crippen molar-refractivity contribution in [3.05, 3.63) is 52.9 Å². The topological polar surface area (TPSA) is 3.24 Å². The largest absolute Gasteiger partial charge is 0.293 e. The second-order valence-electron chi connectivity index (χ2n) is 3.99. The first-order valence-corrected chi connectivity index (χ1v) is 6.19. The highest BCUT2D eigenvalue weighted by Crippen LogP contribution is 2.32. The monoisotopic (exact) mass is 234 g/mol. The van der Waals surface area contributed by atoms with E-state index in [2.05, 4.69) is 49.5 Å². The Kier molecular flexibility index (Phi) is 3.67. The number of rotatable bonds is 3. The van der Waals surface area contributed by atoms with E-state index in [0.29, 0.717) is 6.04 Å². The van der Waals surface area contributed by atoms with Gasteiger partial charge >= 0.3 is 0 Å². The number of benzene rings is 1. The maximum Gasteiger partial charge on any atom is 0.0534 e. The number of allylic oxidation sites excluding steroid dienone is 1. The fourth-order valence-corrected chi connectivity index (χ4v) is 2.44. The summed E-state index contributed by atoms with van der Waals surface area (Å²) < 4.78 is 0. The molecule has 0 spiro atoms. The molecule has 1 atom stereocenters. The van der Waals surface area contributed by atoms with E-state index in [1.54, 1.807) is 0 Å². The van der Waals surface area contributed by atoms with E-state index in [1.165, 1.54) is 11.1 Å². The molecule has 1 unspecified atom stereocenters. The first-order valence-electron chi connectivity index (χ1n) is 5.81. The van der Waals surface area contributed by atoms with E-state index < -0.39 is 0 Å². The van der Waals surface area contributed by atoms with Crippen molar-refractivity contribution < 1.29 is 0 Å². The highest BCUT2D eigenvalue weighted by atomic mass is 35.5. The van der Waals surface area contributed by atoms with Gasteiger partial charge in [0.15, 0.2) is 0 Å². The van der Waals surface area contributed by atoms with Gasteiger partial charge in [0, 0.05) is 11.4 Å². The lowest BCUT2D eigenvalue weighted by Gasteiger charge is -2.31. The predicted octanol–water partition coefficient (Wildman–Crippen LogP) is 3.85. The van der Waals surface area contributed by atoms with Crippen molar-refractivity contribution in [3.8, 4) is 0 Å². The van der Waals surface area contributed by atoms with Crippen molar-refractivity contribution in [2.45, 2.75) is 19.9 Å². The van der Waals surface area contributed by atoms with Gasteiger partial charge in [0.2, 0.25) is 0 Å². The Morgan fingerprint density at radius 1 is 1.25 bits per heavy atom. The Hall–Kier alpha value is -0.790. The molecule has 0 saturated heterocycles. The SMILES string of the molecule is CCN(CC)C1C=C[CH]c2ccc(Cl)cc21. The van der Waals surface area contributed by atoms with Gasteiger partial charge in [-0.25, -0.2) is 0 Å². The smallest absolute Gasteiger partial charge is 0.0534 e. The predicted molar refractivity (Wildman–Crippen MR) is 69.7 cm³/mol. The summed E-state index contributed by atoms with van der Waals surface area (Å²) in [5, 5.41) is 0.819. The quantitative estimate of drug-likeness (QED) is 0.768. The zero-order chi connectivity index (χ0) is 11.5. The number of fused-ring (bicyclic) bond motifs is 1. The van der Waals surface area contributed by atoms with E-state index in [0.717, 1.165) is 18.1 Å². The lowest BCUT2D eigenvalue weighted by Crippen LogP contribution is -2.28. The molecule has 1 aliphatic rings. The van der Waals surface area contributed by atoms with Gasteiger partial charge in [-0.1, -0.05) is 43.7 Å². The molecule has 0 aromatic heterocycles. The molecule has 0 saturated carbocycles.